The van der Waals surface area contributed by atoms with Gasteiger partial charge in [0.2, 0.25) is 0 Å². The van der Waals surface area contributed by atoms with Gasteiger partial charge in [0.1, 0.15) is 24.0 Å². The van der Waals surface area contributed by atoms with E-state index in [1.165, 1.54) is 12.1 Å². The van der Waals surface area contributed by atoms with Gasteiger partial charge in [0, 0.05) is 5.92 Å². The number of alkyl halides is 3. The second-order valence-corrected chi connectivity index (χ2v) is 10.3. The molecule has 0 radical (unpaired) electrons. The van der Waals surface area contributed by atoms with Crippen LogP contribution in [0.2, 0.25) is 0 Å². The summed E-state index contributed by atoms with van der Waals surface area (Å²) >= 11 is 6.74. The van der Waals surface area contributed by atoms with E-state index in [1.54, 1.807) is 39.8 Å². The molecule has 6 nitrogen and oxygen atoms in total. The Morgan fingerprint density at radius 3 is 2.18 bits per heavy atom. The van der Waals surface area contributed by atoms with E-state index in [-0.39, 0.29) is 6.61 Å². The fourth-order valence-corrected chi connectivity index (χ4v) is 4.45. The number of aliphatic carboxylic acids is 1. The van der Waals surface area contributed by atoms with E-state index >= 15 is 0 Å². The molecule has 2 N–H and O–H groups in total. The van der Waals surface area contributed by atoms with Crippen molar-refractivity contribution < 1.29 is 37.3 Å². The number of carbonyl (C=O) groups excluding carboxylic acids is 1. The zero-order valence-electron chi connectivity index (χ0n) is 18.8. The van der Waals surface area contributed by atoms with E-state index in [1.807, 2.05) is 0 Å². The van der Waals surface area contributed by atoms with Crippen LogP contribution >= 0.6 is 31.9 Å². The maximum Gasteiger partial charge on any atom is 0.416 e. The fourth-order valence-electron chi connectivity index (χ4n) is 3.00. The van der Waals surface area contributed by atoms with Crippen molar-refractivity contribution in [2.24, 2.45) is 0 Å². The third-order valence-corrected chi connectivity index (χ3v) is 5.80. The van der Waals surface area contributed by atoms with Gasteiger partial charge >= 0.3 is 18.2 Å². The molecule has 0 saturated carbocycles. The van der Waals surface area contributed by atoms with Gasteiger partial charge in [-0.2, -0.15) is 13.2 Å². The molecule has 0 aromatic heterocycles. The number of hydrogen-bond donors (Lipinski definition) is 2. The molecule has 2 atom stereocenters. The molecule has 0 heterocycles. The number of carboxylic acid groups (broad SMARTS) is 1. The van der Waals surface area contributed by atoms with E-state index in [0.717, 1.165) is 12.1 Å². The lowest BCUT2D eigenvalue weighted by Crippen LogP contribution is -2.46. The van der Waals surface area contributed by atoms with Gasteiger partial charge in [0.05, 0.1) is 14.5 Å². The number of ether oxygens (including phenoxy) is 2. The summed E-state index contributed by atoms with van der Waals surface area (Å²) in [6.45, 7) is 6.51. The Balaban J connectivity index is 2.20. The molecule has 186 valence electrons. The Kier molecular flexibility index (Phi) is 9.04. The van der Waals surface area contributed by atoms with E-state index in [9.17, 15) is 27.9 Å². The predicted molar refractivity (Wildman–Crippen MR) is 127 cm³/mol. The molecule has 0 bridgehead atoms. The number of carboxylic acids is 1. The number of benzene rings is 2. The highest BCUT2D eigenvalue weighted by Crippen LogP contribution is 2.38. The van der Waals surface area contributed by atoms with E-state index in [2.05, 4.69) is 37.2 Å². The lowest BCUT2D eigenvalue weighted by Gasteiger charge is -2.25. The van der Waals surface area contributed by atoms with Crippen LogP contribution in [0.4, 0.5) is 18.0 Å². The molecule has 0 aliphatic heterocycles. The van der Waals surface area contributed by atoms with Crippen molar-refractivity contribution >= 4 is 43.9 Å². The molecule has 2 aromatic rings. The highest BCUT2D eigenvalue weighted by molar-refractivity contribution is 9.11. The summed E-state index contributed by atoms with van der Waals surface area (Å²) in [7, 11) is 0. The molecule has 0 aliphatic carbocycles. The molecule has 0 fully saturated rings. The minimum atomic E-state index is -4.46. The number of nitrogens with one attached hydrogen (secondary N) is 1. The van der Waals surface area contributed by atoms with Crippen molar-refractivity contribution in [1.82, 2.24) is 5.32 Å². The molecule has 11 heteroatoms. The zero-order valence-corrected chi connectivity index (χ0v) is 22.0. The minimum Gasteiger partial charge on any atom is -0.487 e. The van der Waals surface area contributed by atoms with Crippen molar-refractivity contribution in [3.63, 3.8) is 0 Å². The van der Waals surface area contributed by atoms with E-state index in [4.69, 9.17) is 9.47 Å². The van der Waals surface area contributed by atoms with Gasteiger partial charge in [-0.3, -0.25) is 0 Å². The summed E-state index contributed by atoms with van der Waals surface area (Å²) in [6.07, 6.45) is -5.31. The second kappa shape index (κ2) is 11.0. The third kappa shape index (κ3) is 7.90. The first-order valence-electron chi connectivity index (χ1n) is 10.1. The van der Waals surface area contributed by atoms with Crippen LogP contribution in [0, 0.1) is 0 Å². The summed E-state index contributed by atoms with van der Waals surface area (Å²) in [6, 6.07) is 6.81. The van der Waals surface area contributed by atoms with Crippen molar-refractivity contribution in [3.05, 3.63) is 62.0 Å². The Labute approximate surface area is 212 Å². The summed E-state index contributed by atoms with van der Waals surface area (Å²) < 4.78 is 50.6. The molecule has 2 rings (SSSR count). The third-order valence-electron chi connectivity index (χ3n) is 4.62. The monoisotopic (exact) mass is 609 g/mol. The number of alkyl carbamates (subject to hydrolysis) is 1. The summed E-state index contributed by atoms with van der Waals surface area (Å²) in [5, 5.41) is 12.0. The normalized spacial score (nSPS) is 13.7. The lowest BCUT2D eigenvalue weighted by molar-refractivity contribution is -0.140. The smallest absolute Gasteiger partial charge is 0.416 e. The van der Waals surface area contributed by atoms with Crippen molar-refractivity contribution in [2.45, 2.75) is 58.0 Å². The number of halogens is 5. The van der Waals surface area contributed by atoms with Crippen molar-refractivity contribution in [2.75, 3.05) is 0 Å². The van der Waals surface area contributed by atoms with Crippen molar-refractivity contribution in [1.29, 1.82) is 0 Å². The average molecular weight is 611 g/mol. The highest BCUT2D eigenvalue weighted by atomic mass is 79.9. The van der Waals surface area contributed by atoms with Crippen LogP contribution in [0.5, 0.6) is 5.75 Å². The second-order valence-electron chi connectivity index (χ2n) is 8.55. The molecule has 1 amide bonds. The summed E-state index contributed by atoms with van der Waals surface area (Å²) in [4.78, 5) is 23.9. The van der Waals surface area contributed by atoms with Crippen LogP contribution in [0.3, 0.4) is 0 Å². The quantitative estimate of drug-likeness (QED) is 0.357. The maximum absolute atomic E-state index is 12.9. The Morgan fingerprint density at radius 2 is 1.68 bits per heavy atom. The highest BCUT2D eigenvalue weighted by Gasteiger charge is 2.31. The van der Waals surface area contributed by atoms with Crippen molar-refractivity contribution in [3.8, 4) is 5.75 Å². The standard InChI is InChI=1S/C23H24Br2F3NO5/c1-12(18(20(30)31)29-21(32)34-22(2,3)4)14-9-16(24)19(17(25)10-14)33-11-13-6-5-7-15(8-13)23(26,27)28/h5-10,12,18H,11H2,1-4H3,(H,29,32)(H,30,31). The minimum absolute atomic E-state index is 0.117. The molecule has 2 aromatic carbocycles. The van der Waals surface area contributed by atoms with Gasteiger partial charge in [-0.25, -0.2) is 9.59 Å². The average Bonchev–Trinajstić information content (AvgIpc) is 2.69. The SMILES string of the molecule is CC(c1cc(Br)c(OCc2cccc(C(F)(F)F)c2)c(Br)c1)C(NC(=O)OC(C)(C)C)C(=O)O. The number of hydrogen-bond acceptors (Lipinski definition) is 4. The van der Waals surface area contributed by atoms with Crippen LogP contribution in [0.15, 0.2) is 45.3 Å². The van der Waals surface area contributed by atoms with Crippen LogP contribution in [0.25, 0.3) is 0 Å². The zero-order chi connectivity index (χ0) is 25.8. The first-order valence-corrected chi connectivity index (χ1v) is 11.7. The fraction of sp³-hybridized carbons (Fsp3) is 0.391. The molecular weight excluding hydrogens is 587 g/mol. The molecular formula is C23H24Br2F3NO5. The van der Waals surface area contributed by atoms with Gasteiger partial charge < -0.3 is 19.9 Å². The molecule has 0 saturated heterocycles. The van der Waals surface area contributed by atoms with Gasteiger partial charge in [-0.15, -0.1) is 0 Å². The summed E-state index contributed by atoms with van der Waals surface area (Å²) in [5.74, 6) is -1.56. The van der Waals surface area contributed by atoms with Gasteiger partial charge in [-0.1, -0.05) is 19.1 Å². The Hall–Kier alpha value is -2.27. The number of rotatable bonds is 7. The van der Waals surface area contributed by atoms with E-state index < -0.39 is 41.4 Å². The topological polar surface area (TPSA) is 84.9 Å². The maximum atomic E-state index is 12.9. The first kappa shape index (κ1) is 28.0. The largest absolute Gasteiger partial charge is 0.487 e. The molecule has 0 spiro atoms. The van der Waals surface area contributed by atoms with Crippen LogP contribution < -0.4 is 10.1 Å². The number of carbonyl (C=O) groups is 2. The molecule has 0 aliphatic rings. The number of amides is 1. The summed E-state index contributed by atoms with van der Waals surface area (Å²) in [5.41, 5.74) is -0.665. The lowest BCUT2D eigenvalue weighted by atomic mass is 9.93. The Morgan fingerprint density at radius 1 is 1.09 bits per heavy atom. The van der Waals surface area contributed by atoms with Gasteiger partial charge in [-0.05, 0) is 88.0 Å². The molecule has 2 unspecified atom stereocenters. The Bertz CT molecular complexity index is 1030. The van der Waals surface area contributed by atoms with Crippen LogP contribution in [-0.2, 0) is 22.3 Å². The molecule has 34 heavy (non-hydrogen) atoms. The van der Waals surface area contributed by atoms with E-state index in [0.29, 0.717) is 25.8 Å². The van der Waals surface area contributed by atoms with Crippen LogP contribution in [-0.4, -0.2) is 28.8 Å². The van der Waals surface area contributed by atoms with Gasteiger partial charge in [0.15, 0.2) is 0 Å². The van der Waals surface area contributed by atoms with Crippen LogP contribution in [0.1, 0.15) is 50.3 Å². The van der Waals surface area contributed by atoms with Gasteiger partial charge in [0.25, 0.3) is 0 Å². The first-order chi connectivity index (χ1) is 15.6. The predicted octanol–water partition coefficient (Wildman–Crippen LogP) is 6.89.